The standard InChI is InChI=1S/C9H7F2O2P/c10-9(11,8(12)6-14-13)7-4-2-1-3-5-7/h1-5H,6H2. The van der Waals surface area contributed by atoms with Gasteiger partial charge in [-0.25, -0.2) is 0 Å². The Morgan fingerprint density at radius 2 is 1.86 bits per heavy atom. The summed E-state index contributed by atoms with van der Waals surface area (Å²) in [4.78, 5) is 10.9. The van der Waals surface area contributed by atoms with Gasteiger partial charge >= 0.3 is 5.92 Å². The fourth-order valence-electron chi connectivity index (χ4n) is 0.966. The van der Waals surface area contributed by atoms with Crippen molar-refractivity contribution in [3.63, 3.8) is 0 Å². The van der Waals surface area contributed by atoms with Gasteiger partial charge in [-0.15, -0.1) is 0 Å². The van der Waals surface area contributed by atoms with E-state index < -0.39 is 26.3 Å². The molecule has 0 aliphatic carbocycles. The van der Waals surface area contributed by atoms with Crippen molar-refractivity contribution in [3.8, 4) is 0 Å². The van der Waals surface area contributed by atoms with Crippen LogP contribution >= 0.6 is 8.46 Å². The van der Waals surface area contributed by atoms with Gasteiger partial charge in [-0.1, -0.05) is 30.3 Å². The van der Waals surface area contributed by atoms with Gasteiger partial charge < -0.3 is 0 Å². The first kappa shape index (κ1) is 10.9. The number of hydrogen-bond donors (Lipinski definition) is 0. The number of ketones is 1. The third kappa shape index (κ3) is 2.20. The summed E-state index contributed by atoms with van der Waals surface area (Å²) in [6, 6.07) is 6.76. The summed E-state index contributed by atoms with van der Waals surface area (Å²) in [5, 5.41) is 0. The Labute approximate surface area is 81.1 Å². The summed E-state index contributed by atoms with van der Waals surface area (Å²) in [5.41, 5.74) is -0.367. The number of carbonyl (C=O) groups excluding carboxylic acids is 1. The van der Waals surface area contributed by atoms with E-state index in [9.17, 15) is 18.1 Å². The number of halogens is 2. The summed E-state index contributed by atoms with van der Waals surface area (Å²) >= 11 is 0. The molecule has 0 fully saturated rings. The molecule has 0 N–H and O–H groups in total. The molecular weight excluding hydrogens is 209 g/mol. The first-order valence-corrected chi connectivity index (χ1v) is 4.84. The molecule has 0 spiro atoms. The second kappa shape index (κ2) is 4.38. The van der Waals surface area contributed by atoms with Crippen LogP contribution in [-0.4, -0.2) is 11.9 Å². The van der Waals surface area contributed by atoms with Crippen molar-refractivity contribution in [2.24, 2.45) is 0 Å². The maximum absolute atomic E-state index is 13.2. The van der Waals surface area contributed by atoms with Crippen LogP contribution < -0.4 is 0 Å². The first-order chi connectivity index (χ1) is 6.59. The van der Waals surface area contributed by atoms with Crippen LogP contribution in [0.2, 0.25) is 0 Å². The number of alkyl halides is 2. The summed E-state index contributed by atoms with van der Waals surface area (Å²) in [5.74, 6) is -4.88. The molecule has 0 aromatic heterocycles. The maximum Gasteiger partial charge on any atom is 0.331 e. The Hall–Kier alpha value is -1.15. The van der Waals surface area contributed by atoms with E-state index in [0.29, 0.717) is 0 Å². The molecular formula is C9H7F2O2P. The Kier molecular flexibility index (Phi) is 3.42. The van der Waals surface area contributed by atoms with Crippen molar-refractivity contribution in [1.29, 1.82) is 0 Å². The highest BCUT2D eigenvalue weighted by Crippen LogP contribution is 2.29. The highest BCUT2D eigenvalue weighted by molar-refractivity contribution is 7.25. The monoisotopic (exact) mass is 216 g/mol. The van der Waals surface area contributed by atoms with E-state index >= 15 is 0 Å². The van der Waals surface area contributed by atoms with Crippen LogP contribution in [0.3, 0.4) is 0 Å². The molecule has 0 amide bonds. The van der Waals surface area contributed by atoms with Crippen LogP contribution in [0, 0.1) is 0 Å². The van der Waals surface area contributed by atoms with Gasteiger partial charge in [0.15, 0.2) is 8.46 Å². The number of benzene rings is 1. The molecule has 14 heavy (non-hydrogen) atoms. The number of hydrogen-bond acceptors (Lipinski definition) is 2. The lowest BCUT2D eigenvalue weighted by Crippen LogP contribution is -2.26. The molecule has 0 radical (unpaired) electrons. The van der Waals surface area contributed by atoms with Crippen LogP contribution in [0.4, 0.5) is 8.78 Å². The summed E-state index contributed by atoms with van der Waals surface area (Å²) in [7, 11) is -0.586. The molecule has 1 aromatic rings. The third-order valence-electron chi connectivity index (χ3n) is 1.69. The number of carbonyl (C=O) groups is 1. The summed E-state index contributed by atoms with van der Waals surface area (Å²) in [6.45, 7) is 0. The summed E-state index contributed by atoms with van der Waals surface area (Å²) < 4.78 is 36.5. The van der Waals surface area contributed by atoms with Gasteiger partial charge in [0.1, 0.15) is 0 Å². The average molecular weight is 216 g/mol. The van der Waals surface area contributed by atoms with Crippen molar-refractivity contribution >= 4 is 14.2 Å². The van der Waals surface area contributed by atoms with Gasteiger partial charge in [-0.2, -0.15) is 8.78 Å². The predicted octanol–water partition coefficient (Wildman–Crippen LogP) is 2.64. The Morgan fingerprint density at radius 3 is 2.36 bits per heavy atom. The van der Waals surface area contributed by atoms with E-state index in [1.165, 1.54) is 24.3 Å². The Balaban J connectivity index is 2.95. The lowest BCUT2D eigenvalue weighted by atomic mass is 10.1. The Morgan fingerprint density at radius 1 is 1.29 bits per heavy atom. The first-order valence-electron chi connectivity index (χ1n) is 3.85. The van der Waals surface area contributed by atoms with E-state index in [-0.39, 0.29) is 5.56 Å². The third-order valence-corrected chi connectivity index (χ3v) is 2.11. The van der Waals surface area contributed by atoms with Crippen LogP contribution in [0.1, 0.15) is 5.56 Å². The largest absolute Gasteiger partial charge is 0.331 e. The molecule has 5 heteroatoms. The van der Waals surface area contributed by atoms with Crippen molar-refractivity contribution in [2.45, 2.75) is 5.92 Å². The molecule has 0 atom stereocenters. The number of Topliss-reactive ketones (excluding diaryl/α,β-unsaturated/α-hetero) is 1. The van der Waals surface area contributed by atoms with Crippen LogP contribution in [0.15, 0.2) is 30.3 Å². The quantitative estimate of drug-likeness (QED) is 0.725. The lowest BCUT2D eigenvalue weighted by molar-refractivity contribution is -0.141. The van der Waals surface area contributed by atoms with Crippen molar-refractivity contribution < 1.29 is 18.1 Å². The highest BCUT2D eigenvalue weighted by Gasteiger charge is 2.39. The van der Waals surface area contributed by atoms with E-state index in [1.54, 1.807) is 6.07 Å². The molecule has 2 nitrogen and oxygen atoms in total. The normalized spacial score (nSPS) is 11.6. The van der Waals surface area contributed by atoms with Crippen LogP contribution in [-0.2, 0) is 15.3 Å². The van der Waals surface area contributed by atoms with Gasteiger partial charge in [-0.05, 0) is 0 Å². The van der Waals surface area contributed by atoms with Gasteiger partial charge in [0.25, 0.3) is 0 Å². The van der Waals surface area contributed by atoms with Gasteiger partial charge in [0.2, 0.25) is 5.78 Å². The van der Waals surface area contributed by atoms with Crippen molar-refractivity contribution in [1.82, 2.24) is 0 Å². The van der Waals surface area contributed by atoms with Gasteiger partial charge in [0, 0.05) is 5.56 Å². The second-order valence-electron chi connectivity index (χ2n) is 2.65. The molecule has 0 saturated heterocycles. The predicted molar refractivity (Wildman–Crippen MR) is 47.8 cm³/mol. The zero-order valence-corrected chi connectivity index (χ0v) is 8.01. The molecule has 0 heterocycles. The lowest BCUT2D eigenvalue weighted by Gasteiger charge is -2.13. The minimum atomic E-state index is -3.54. The highest BCUT2D eigenvalue weighted by atomic mass is 31.1. The van der Waals surface area contributed by atoms with Gasteiger partial charge in [0.05, 0.1) is 6.16 Å². The van der Waals surface area contributed by atoms with E-state index in [4.69, 9.17) is 0 Å². The van der Waals surface area contributed by atoms with Crippen LogP contribution in [0.25, 0.3) is 0 Å². The molecule has 0 saturated carbocycles. The Bertz CT molecular complexity index is 338. The minimum Gasteiger partial charge on any atom is -0.292 e. The van der Waals surface area contributed by atoms with Crippen molar-refractivity contribution in [3.05, 3.63) is 35.9 Å². The molecule has 1 rings (SSSR count). The molecule has 0 aliphatic rings. The molecule has 0 bridgehead atoms. The fraction of sp³-hybridized carbons (Fsp3) is 0.222. The maximum atomic E-state index is 13.2. The van der Waals surface area contributed by atoms with E-state index in [2.05, 4.69) is 0 Å². The zero-order valence-electron chi connectivity index (χ0n) is 7.11. The van der Waals surface area contributed by atoms with E-state index in [0.717, 1.165) is 0 Å². The van der Waals surface area contributed by atoms with E-state index in [1.807, 2.05) is 0 Å². The van der Waals surface area contributed by atoms with Crippen molar-refractivity contribution in [2.75, 3.05) is 6.16 Å². The molecule has 0 unspecified atom stereocenters. The van der Waals surface area contributed by atoms with Crippen LogP contribution in [0.5, 0.6) is 0 Å². The molecule has 0 aliphatic heterocycles. The smallest absolute Gasteiger partial charge is 0.292 e. The topological polar surface area (TPSA) is 34.1 Å². The van der Waals surface area contributed by atoms with Gasteiger partial charge in [-0.3, -0.25) is 9.36 Å². The SMILES string of the molecule is O=PCC(=O)C(F)(F)c1ccccc1. The fourth-order valence-corrected chi connectivity index (χ4v) is 1.28. The minimum absolute atomic E-state index is 0.367. The summed E-state index contributed by atoms with van der Waals surface area (Å²) in [6.07, 6.45) is -0.665. The molecule has 74 valence electrons. The second-order valence-corrected chi connectivity index (χ2v) is 3.23. The zero-order chi connectivity index (χ0) is 10.6. The number of rotatable bonds is 4. The molecule has 1 aromatic carbocycles. The average Bonchev–Trinajstić information content (AvgIpc) is 2.19.